The lowest BCUT2D eigenvalue weighted by Crippen LogP contribution is -2.36. The minimum absolute atomic E-state index is 0.0561. The van der Waals surface area contributed by atoms with Crippen LogP contribution in [0.25, 0.3) is 16.7 Å². The molecule has 178 valence electrons. The molecule has 3 aromatic heterocycles. The number of fused-ring (bicyclic) bond motifs is 3. The molecule has 1 saturated heterocycles. The zero-order valence-corrected chi connectivity index (χ0v) is 18.8. The predicted octanol–water partition coefficient (Wildman–Crippen LogP) is 3.94. The number of imidazole rings is 1. The van der Waals surface area contributed by atoms with Crippen LogP contribution in [0.3, 0.4) is 0 Å². The first-order chi connectivity index (χ1) is 16.2. The van der Waals surface area contributed by atoms with Gasteiger partial charge in [-0.25, -0.2) is 15.0 Å². The summed E-state index contributed by atoms with van der Waals surface area (Å²) < 4.78 is 47.1. The summed E-state index contributed by atoms with van der Waals surface area (Å²) in [6.07, 6.45) is -2.55. The van der Waals surface area contributed by atoms with Crippen LogP contribution in [-0.2, 0) is 17.5 Å². The molecule has 0 aliphatic carbocycles. The van der Waals surface area contributed by atoms with Gasteiger partial charge in [-0.15, -0.1) is 0 Å². The number of aryl methyl sites for hydroxylation is 2. The molecule has 11 heteroatoms. The normalized spacial score (nSPS) is 14.8. The van der Waals surface area contributed by atoms with Gasteiger partial charge < -0.3 is 20.7 Å². The zero-order valence-electron chi connectivity index (χ0n) is 18.8. The van der Waals surface area contributed by atoms with E-state index >= 15 is 0 Å². The Morgan fingerprint density at radius 1 is 1.03 bits per heavy atom. The molecule has 1 aliphatic heterocycles. The van der Waals surface area contributed by atoms with Gasteiger partial charge in [0.1, 0.15) is 11.6 Å². The number of hydrogen-bond donors (Lipinski definition) is 2. The Labute approximate surface area is 193 Å². The summed E-state index contributed by atoms with van der Waals surface area (Å²) in [6.45, 7) is 6.52. The molecule has 0 radical (unpaired) electrons. The molecule has 0 spiro atoms. The van der Waals surface area contributed by atoms with E-state index in [0.29, 0.717) is 36.1 Å². The number of alkyl halides is 3. The van der Waals surface area contributed by atoms with Crippen molar-refractivity contribution < 1.29 is 17.9 Å². The molecule has 5 rings (SSSR count). The van der Waals surface area contributed by atoms with Gasteiger partial charge in [0.25, 0.3) is 0 Å². The molecule has 0 saturated carbocycles. The van der Waals surface area contributed by atoms with E-state index in [1.54, 1.807) is 6.92 Å². The Morgan fingerprint density at radius 3 is 2.53 bits per heavy atom. The number of anilines is 3. The fraction of sp³-hybridized carbons (Fsp3) is 0.348. The highest BCUT2D eigenvalue weighted by molar-refractivity contribution is 5.94. The van der Waals surface area contributed by atoms with Gasteiger partial charge in [0.15, 0.2) is 11.3 Å². The third-order valence-electron chi connectivity index (χ3n) is 5.76. The highest BCUT2D eigenvalue weighted by Crippen LogP contribution is 2.33. The van der Waals surface area contributed by atoms with Gasteiger partial charge >= 0.3 is 6.18 Å². The van der Waals surface area contributed by atoms with E-state index in [9.17, 15) is 13.2 Å². The highest BCUT2D eigenvalue weighted by Gasteiger charge is 2.31. The molecule has 0 bridgehead atoms. The second-order valence-corrected chi connectivity index (χ2v) is 8.38. The number of nitrogens with one attached hydrogen (secondary N) is 1. The largest absolute Gasteiger partial charge is 0.416 e. The van der Waals surface area contributed by atoms with Crippen LogP contribution in [0.4, 0.5) is 30.4 Å². The van der Waals surface area contributed by atoms with Crippen LogP contribution < -0.4 is 16.0 Å². The number of nitrogens with two attached hydrogens (primary N) is 1. The Bertz CT molecular complexity index is 1380. The average molecular weight is 471 g/mol. The fourth-order valence-corrected chi connectivity index (χ4v) is 4.27. The average Bonchev–Trinajstić information content (AvgIpc) is 3.18. The molecular formula is C23H24F3N7O. The van der Waals surface area contributed by atoms with Gasteiger partial charge in [-0.3, -0.25) is 4.40 Å². The number of halogens is 3. The zero-order chi connectivity index (χ0) is 24.0. The highest BCUT2D eigenvalue weighted by atomic mass is 19.4. The Hall–Kier alpha value is -3.60. The van der Waals surface area contributed by atoms with Crippen LogP contribution in [0.5, 0.6) is 0 Å². The molecule has 3 N–H and O–H groups in total. The van der Waals surface area contributed by atoms with Crippen LogP contribution in [-0.4, -0.2) is 45.7 Å². The van der Waals surface area contributed by atoms with Crippen molar-refractivity contribution in [1.29, 1.82) is 0 Å². The summed E-state index contributed by atoms with van der Waals surface area (Å²) in [7, 11) is 0. The van der Waals surface area contributed by atoms with E-state index in [1.165, 1.54) is 6.07 Å². The number of benzene rings is 1. The Kier molecular flexibility index (Phi) is 5.43. The number of pyridine rings is 1. The Morgan fingerprint density at radius 2 is 1.79 bits per heavy atom. The smallest absolute Gasteiger partial charge is 0.399 e. The number of rotatable bonds is 4. The summed E-state index contributed by atoms with van der Waals surface area (Å²) in [4.78, 5) is 16.1. The van der Waals surface area contributed by atoms with E-state index in [-0.39, 0.29) is 12.2 Å². The van der Waals surface area contributed by atoms with Gasteiger partial charge in [0.05, 0.1) is 35.5 Å². The first-order valence-electron chi connectivity index (χ1n) is 10.9. The minimum atomic E-state index is -4.47. The predicted molar refractivity (Wildman–Crippen MR) is 124 cm³/mol. The van der Waals surface area contributed by atoms with E-state index in [4.69, 9.17) is 15.5 Å². The van der Waals surface area contributed by atoms with Gasteiger partial charge in [0.2, 0.25) is 0 Å². The topological polar surface area (TPSA) is 93.6 Å². The number of nitrogens with zero attached hydrogens (tertiary/aromatic N) is 5. The van der Waals surface area contributed by atoms with E-state index in [1.807, 2.05) is 23.6 Å². The number of aromatic nitrogens is 4. The van der Waals surface area contributed by atoms with Gasteiger partial charge in [-0.05, 0) is 43.7 Å². The lowest BCUT2D eigenvalue weighted by Gasteiger charge is -2.29. The quantitative estimate of drug-likeness (QED) is 0.436. The van der Waals surface area contributed by atoms with Crippen molar-refractivity contribution in [2.45, 2.75) is 26.6 Å². The molecule has 4 aromatic rings. The molecule has 1 fully saturated rings. The maximum absolute atomic E-state index is 13.2. The number of ether oxygens (including phenoxy) is 1. The second kappa shape index (κ2) is 8.32. The molecular weight excluding hydrogens is 447 g/mol. The summed E-state index contributed by atoms with van der Waals surface area (Å²) in [5.41, 5.74) is 8.66. The van der Waals surface area contributed by atoms with Crippen LogP contribution in [0.1, 0.15) is 22.6 Å². The summed E-state index contributed by atoms with van der Waals surface area (Å²) >= 11 is 0. The number of morpholine rings is 1. The first kappa shape index (κ1) is 22.2. The van der Waals surface area contributed by atoms with Gasteiger partial charge in [0, 0.05) is 31.5 Å². The molecule has 34 heavy (non-hydrogen) atoms. The van der Waals surface area contributed by atoms with Gasteiger partial charge in [-0.2, -0.15) is 13.2 Å². The monoisotopic (exact) mass is 471 g/mol. The molecule has 4 heterocycles. The maximum Gasteiger partial charge on any atom is 0.416 e. The standard InChI is InChI=1S/C23H24F3N7O/c1-13-12-33-21-18(10-19(22(33)29-13)32-3-5-34-6-4-32)20(30-14(2)31-21)28-11-15-7-16(23(24,25)26)9-17(27)8-15/h7-10,12H,3-6,11,27H2,1-2H3,(H,28,30,31). The third-order valence-corrected chi connectivity index (χ3v) is 5.76. The fourth-order valence-electron chi connectivity index (χ4n) is 4.27. The maximum atomic E-state index is 13.2. The summed E-state index contributed by atoms with van der Waals surface area (Å²) in [5, 5.41) is 3.95. The first-order valence-corrected chi connectivity index (χ1v) is 10.9. The lowest BCUT2D eigenvalue weighted by molar-refractivity contribution is -0.137. The van der Waals surface area contributed by atoms with Gasteiger partial charge in [-0.1, -0.05) is 0 Å². The van der Waals surface area contributed by atoms with Crippen molar-refractivity contribution in [1.82, 2.24) is 19.4 Å². The minimum Gasteiger partial charge on any atom is -0.399 e. The van der Waals surface area contributed by atoms with Crippen molar-refractivity contribution in [2.75, 3.05) is 42.3 Å². The number of hydrogen-bond acceptors (Lipinski definition) is 7. The molecule has 0 atom stereocenters. The second-order valence-electron chi connectivity index (χ2n) is 8.38. The van der Waals surface area contributed by atoms with Crippen LogP contribution in [0.15, 0.2) is 30.5 Å². The summed E-state index contributed by atoms with van der Waals surface area (Å²) in [5.74, 6) is 1.06. The SMILES string of the molecule is Cc1cn2c(n1)c(N1CCOCC1)cc1c(NCc3cc(N)cc(C(F)(F)F)c3)nc(C)nc12. The van der Waals surface area contributed by atoms with Crippen molar-refractivity contribution in [3.05, 3.63) is 53.1 Å². The van der Waals surface area contributed by atoms with Crippen molar-refractivity contribution in [3.63, 3.8) is 0 Å². The van der Waals surface area contributed by atoms with Crippen molar-refractivity contribution >= 4 is 33.9 Å². The summed E-state index contributed by atoms with van der Waals surface area (Å²) in [6, 6.07) is 5.54. The van der Waals surface area contributed by atoms with E-state index in [0.717, 1.165) is 47.6 Å². The molecule has 1 aliphatic rings. The van der Waals surface area contributed by atoms with Crippen molar-refractivity contribution in [3.8, 4) is 0 Å². The van der Waals surface area contributed by atoms with Crippen LogP contribution in [0, 0.1) is 13.8 Å². The van der Waals surface area contributed by atoms with E-state index in [2.05, 4.69) is 20.2 Å². The van der Waals surface area contributed by atoms with E-state index < -0.39 is 11.7 Å². The Balaban J connectivity index is 1.59. The third kappa shape index (κ3) is 4.18. The number of nitrogen functional groups attached to an aromatic ring is 1. The van der Waals surface area contributed by atoms with Crippen LogP contribution in [0.2, 0.25) is 0 Å². The van der Waals surface area contributed by atoms with Crippen LogP contribution >= 0.6 is 0 Å². The molecule has 8 nitrogen and oxygen atoms in total. The molecule has 0 amide bonds. The molecule has 1 aromatic carbocycles. The van der Waals surface area contributed by atoms with Crippen molar-refractivity contribution in [2.24, 2.45) is 0 Å². The lowest BCUT2D eigenvalue weighted by atomic mass is 10.1. The molecule has 0 unspecified atom stereocenters.